The van der Waals surface area contributed by atoms with Gasteiger partial charge >= 0.3 is 0 Å². The Labute approximate surface area is 162 Å². The average molecular weight is 370 g/mol. The quantitative estimate of drug-likeness (QED) is 0.476. The molecule has 140 valence electrons. The molecule has 28 heavy (non-hydrogen) atoms. The molecule has 3 aromatic carbocycles. The zero-order valence-electron chi connectivity index (χ0n) is 16.1. The van der Waals surface area contributed by atoms with E-state index in [-0.39, 0.29) is 5.56 Å². The fourth-order valence-electron chi connectivity index (χ4n) is 4.08. The first kappa shape index (κ1) is 17.0. The molecule has 5 rings (SSSR count). The van der Waals surface area contributed by atoms with E-state index in [1.807, 2.05) is 42.5 Å². The highest BCUT2D eigenvalue weighted by Crippen LogP contribution is 2.33. The minimum Gasteiger partial charge on any atom is -0.384 e. The molecule has 0 saturated carbocycles. The number of para-hydroxylation sites is 2. The van der Waals surface area contributed by atoms with Crippen LogP contribution in [0.2, 0.25) is 0 Å². The molecule has 5 nitrogen and oxygen atoms in total. The number of fused-ring (bicyclic) bond motifs is 4. The smallest absolute Gasteiger partial charge is 0.264 e. The zero-order valence-corrected chi connectivity index (χ0v) is 16.1. The average Bonchev–Trinajstić information content (AvgIpc) is 3.09. The summed E-state index contributed by atoms with van der Waals surface area (Å²) in [5, 5.41) is 7.37. The molecule has 0 atom stereocenters. The van der Waals surface area contributed by atoms with Gasteiger partial charge in [0.05, 0.1) is 11.0 Å². The van der Waals surface area contributed by atoms with Crippen LogP contribution < -0.4 is 10.9 Å². The van der Waals surface area contributed by atoms with Crippen LogP contribution in [0.1, 0.15) is 6.42 Å². The predicted octanol–water partition coefficient (Wildman–Crippen LogP) is 3.96. The number of rotatable bonds is 5. The molecule has 0 aliphatic heterocycles. The van der Waals surface area contributed by atoms with Crippen molar-refractivity contribution in [2.75, 3.05) is 32.5 Å². The third-order valence-electron chi connectivity index (χ3n) is 5.37. The molecular weight excluding hydrogens is 348 g/mol. The third kappa shape index (κ3) is 2.51. The Morgan fingerprint density at radius 1 is 0.964 bits per heavy atom. The van der Waals surface area contributed by atoms with Crippen molar-refractivity contribution in [3.8, 4) is 0 Å². The minimum atomic E-state index is -0.00782. The van der Waals surface area contributed by atoms with Gasteiger partial charge in [-0.25, -0.2) is 4.98 Å². The number of nitrogens with one attached hydrogen (secondary N) is 1. The molecule has 0 saturated heterocycles. The van der Waals surface area contributed by atoms with E-state index >= 15 is 0 Å². The normalized spacial score (nSPS) is 12.1. The van der Waals surface area contributed by atoms with Crippen LogP contribution >= 0.6 is 0 Å². The van der Waals surface area contributed by atoms with E-state index in [1.165, 1.54) is 0 Å². The van der Waals surface area contributed by atoms with Crippen LogP contribution in [0.25, 0.3) is 38.2 Å². The molecule has 0 radical (unpaired) electrons. The standard InChI is InChI=1S/C23H22N4O/c1-26(2)14-6-13-24-18-12-11-17-21-15(18)7-5-8-16(21)22-25-19-9-3-4-10-20(19)27(22)23(17)28/h3-5,7-12,24H,6,13-14H2,1-2H3. The van der Waals surface area contributed by atoms with E-state index in [9.17, 15) is 4.79 Å². The molecule has 0 unspecified atom stereocenters. The highest BCUT2D eigenvalue weighted by atomic mass is 16.1. The maximum Gasteiger partial charge on any atom is 0.264 e. The molecule has 0 amide bonds. The van der Waals surface area contributed by atoms with Crippen molar-refractivity contribution in [3.05, 3.63) is 65.0 Å². The molecule has 0 aliphatic rings. The first-order valence-corrected chi connectivity index (χ1v) is 9.62. The number of hydrogen-bond donors (Lipinski definition) is 1. The highest BCUT2D eigenvalue weighted by Gasteiger charge is 2.16. The first-order chi connectivity index (χ1) is 13.6. The highest BCUT2D eigenvalue weighted by molar-refractivity contribution is 6.18. The van der Waals surface area contributed by atoms with Crippen LogP contribution in [-0.2, 0) is 0 Å². The van der Waals surface area contributed by atoms with Gasteiger partial charge in [-0.3, -0.25) is 9.20 Å². The van der Waals surface area contributed by atoms with Gasteiger partial charge in [-0.15, -0.1) is 0 Å². The Morgan fingerprint density at radius 2 is 1.79 bits per heavy atom. The topological polar surface area (TPSA) is 49.6 Å². The summed E-state index contributed by atoms with van der Waals surface area (Å²) < 4.78 is 1.75. The van der Waals surface area contributed by atoms with Crippen LogP contribution in [0.3, 0.4) is 0 Å². The second kappa shape index (κ2) is 6.46. The molecular formula is C23H22N4O. The summed E-state index contributed by atoms with van der Waals surface area (Å²) in [6, 6.07) is 18.0. The molecule has 0 aliphatic carbocycles. The van der Waals surface area contributed by atoms with Gasteiger partial charge in [0.1, 0.15) is 5.65 Å². The van der Waals surface area contributed by atoms with E-state index in [0.29, 0.717) is 0 Å². The fourth-order valence-corrected chi connectivity index (χ4v) is 4.08. The van der Waals surface area contributed by atoms with E-state index < -0.39 is 0 Å². The van der Waals surface area contributed by atoms with Gasteiger partial charge in [0, 0.05) is 33.8 Å². The number of imidazole rings is 1. The van der Waals surface area contributed by atoms with Crippen LogP contribution in [0.5, 0.6) is 0 Å². The largest absolute Gasteiger partial charge is 0.384 e. The SMILES string of the molecule is CN(C)CCCNc1ccc2c(=O)n3c4ccccc4nc3c3cccc1c23. The van der Waals surface area contributed by atoms with Gasteiger partial charge < -0.3 is 10.2 Å². The second-order valence-electron chi connectivity index (χ2n) is 7.54. The Hall–Kier alpha value is -3.18. The summed E-state index contributed by atoms with van der Waals surface area (Å²) in [6.07, 6.45) is 1.06. The Balaban J connectivity index is 1.74. The van der Waals surface area contributed by atoms with Crippen molar-refractivity contribution >= 4 is 43.9 Å². The van der Waals surface area contributed by atoms with Gasteiger partial charge in [0.2, 0.25) is 0 Å². The van der Waals surface area contributed by atoms with E-state index in [0.717, 1.165) is 63.4 Å². The summed E-state index contributed by atoms with van der Waals surface area (Å²) in [5.41, 5.74) is 3.49. The lowest BCUT2D eigenvalue weighted by molar-refractivity contribution is 0.405. The molecule has 0 bridgehead atoms. The molecule has 5 aromatic rings. The zero-order chi connectivity index (χ0) is 19.3. The van der Waals surface area contributed by atoms with Crippen LogP contribution in [0, 0.1) is 0 Å². The van der Waals surface area contributed by atoms with Crippen molar-refractivity contribution in [3.63, 3.8) is 0 Å². The fraction of sp³-hybridized carbons (Fsp3) is 0.217. The van der Waals surface area contributed by atoms with E-state index in [4.69, 9.17) is 4.98 Å². The summed E-state index contributed by atoms with van der Waals surface area (Å²) in [7, 11) is 4.17. The summed E-state index contributed by atoms with van der Waals surface area (Å²) in [4.78, 5) is 20.3. The van der Waals surface area contributed by atoms with Gasteiger partial charge in [0.25, 0.3) is 5.56 Å². The van der Waals surface area contributed by atoms with E-state index in [1.54, 1.807) is 4.40 Å². The van der Waals surface area contributed by atoms with Crippen molar-refractivity contribution in [2.24, 2.45) is 0 Å². The summed E-state index contributed by atoms with van der Waals surface area (Å²) in [6.45, 7) is 1.93. The lowest BCUT2D eigenvalue weighted by Gasteiger charge is -2.14. The van der Waals surface area contributed by atoms with Crippen molar-refractivity contribution in [1.29, 1.82) is 0 Å². The van der Waals surface area contributed by atoms with Crippen molar-refractivity contribution in [1.82, 2.24) is 14.3 Å². The van der Waals surface area contributed by atoms with E-state index in [2.05, 4.69) is 36.4 Å². The maximum absolute atomic E-state index is 13.3. The van der Waals surface area contributed by atoms with Gasteiger partial charge in [-0.1, -0.05) is 30.3 Å². The molecule has 2 heterocycles. The Bertz CT molecular complexity index is 1370. The Kier molecular flexibility index (Phi) is 3.91. The van der Waals surface area contributed by atoms with Crippen LogP contribution in [0.4, 0.5) is 5.69 Å². The molecule has 0 spiro atoms. The van der Waals surface area contributed by atoms with Crippen LogP contribution in [-0.4, -0.2) is 41.5 Å². The molecule has 5 heteroatoms. The minimum absolute atomic E-state index is 0.00782. The number of anilines is 1. The lowest BCUT2D eigenvalue weighted by Crippen LogP contribution is -2.16. The number of pyridine rings is 1. The maximum atomic E-state index is 13.3. The monoisotopic (exact) mass is 370 g/mol. The van der Waals surface area contributed by atoms with Crippen LogP contribution in [0.15, 0.2) is 59.4 Å². The van der Waals surface area contributed by atoms with Gasteiger partial charge in [0.15, 0.2) is 0 Å². The number of nitrogens with zero attached hydrogens (tertiary/aromatic N) is 3. The summed E-state index contributed by atoms with van der Waals surface area (Å²) in [5.74, 6) is 0. The van der Waals surface area contributed by atoms with Gasteiger partial charge in [-0.05, 0) is 51.3 Å². The predicted molar refractivity (Wildman–Crippen MR) is 117 cm³/mol. The molecule has 0 fully saturated rings. The Morgan fingerprint density at radius 3 is 2.64 bits per heavy atom. The van der Waals surface area contributed by atoms with Crippen molar-refractivity contribution < 1.29 is 0 Å². The second-order valence-corrected chi connectivity index (χ2v) is 7.54. The molecule has 1 N–H and O–H groups in total. The number of hydrogen-bond acceptors (Lipinski definition) is 4. The number of aromatic nitrogens is 2. The third-order valence-corrected chi connectivity index (χ3v) is 5.37. The lowest BCUT2D eigenvalue weighted by atomic mass is 10.0. The molecule has 2 aromatic heterocycles. The first-order valence-electron chi connectivity index (χ1n) is 9.62. The number of benzene rings is 3. The summed E-state index contributed by atoms with van der Waals surface area (Å²) >= 11 is 0. The van der Waals surface area contributed by atoms with Crippen molar-refractivity contribution in [2.45, 2.75) is 6.42 Å². The van der Waals surface area contributed by atoms with Gasteiger partial charge in [-0.2, -0.15) is 0 Å².